The summed E-state index contributed by atoms with van der Waals surface area (Å²) < 4.78 is 5.81. The number of aliphatic imine (C=N–C) groups is 1. The molecular weight excluding hydrogens is 467 g/mol. The van der Waals surface area contributed by atoms with E-state index in [1.807, 2.05) is 12.3 Å². The van der Waals surface area contributed by atoms with E-state index < -0.39 is 0 Å². The fraction of sp³-hybridized carbons (Fsp3) is 0.550. The van der Waals surface area contributed by atoms with Gasteiger partial charge < -0.3 is 20.0 Å². The van der Waals surface area contributed by atoms with Gasteiger partial charge in [-0.3, -0.25) is 4.99 Å². The molecular formula is C20H31IN6O. The molecule has 0 aromatic carbocycles. The largest absolute Gasteiger partial charge is 0.443 e. The highest BCUT2D eigenvalue weighted by atomic mass is 127. The highest BCUT2D eigenvalue weighted by Gasteiger charge is 2.19. The van der Waals surface area contributed by atoms with Crippen molar-refractivity contribution in [2.75, 3.05) is 25.0 Å². The summed E-state index contributed by atoms with van der Waals surface area (Å²) in [6.45, 7) is 9.69. The molecule has 0 amide bonds. The highest BCUT2D eigenvalue weighted by molar-refractivity contribution is 14.0. The lowest BCUT2D eigenvalue weighted by Gasteiger charge is -2.17. The van der Waals surface area contributed by atoms with Gasteiger partial charge in [0.05, 0.1) is 12.7 Å². The van der Waals surface area contributed by atoms with Gasteiger partial charge >= 0.3 is 0 Å². The van der Waals surface area contributed by atoms with E-state index in [9.17, 15) is 0 Å². The maximum Gasteiger partial charge on any atom is 0.213 e. The average Bonchev–Trinajstić information content (AvgIpc) is 3.34. The maximum atomic E-state index is 5.81. The lowest BCUT2D eigenvalue weighted by Crippen LogP contribution is -2.36. The molecule has 2 aromatic rings. The van der Waals surface area contributed by atoms with Crippen LogP contribution < -0.4 is 15.5 Å². The van der Waals surface area contributed by atoms with Crippen LogP contribution in [0.3, 0.4) is 0 Å². The number of nitrogens with one attached hydrogen (secondary N) is 2. The van der Waals surface area contributed by atoms with Crippen molar-refractivity contribution in [2.24, 2.45) is 4.99 Å². The van der Waals surface area contributed by atoms with Gasteiger partial charge in [0.2, 0.25) is 5.89 Å². The van der Waals surface area contributed by atoms with E-state index in [4.69, 9.17) is 4.42 Å². The molecule has 154 valence electrons. The molecule has 0 saturated carbocycles. The third kappa shape index (κ3) is 6.08. The molecule has 2 aromatic heterocycles. The Kier molecular flexibility index (Phi) is 8.09. The van der Waals surface area contributed by atoms with Crippen molar-refractivity contribution >= 4 is 35.8 Å². The van der Waals surface area contributed by atoms with Crippen LogP contribution in [0.4, 0.5) is 5.82 Å². The second kappa shape index (κ2) is 10.1. The number of oxazole rings is 1. The first-order valence-electron chi connectivity index (χ1n) is 9.55. The van der Waals surface area contributed by atoms with E-state index in [-0.39, 0.29) is 29.4 Å². The number of guanidine groups is 1. The Morgan fingerprint density at radius 3 is 2.54 bits per heavy atom. The molecule has 0 bridgehead atoms. The molecule has 3 rings (SSSR count). The topological polar surface area (TPSA) is 78.6 Å². The minimum atomic E-state index is -0.0421. The summed E-state index contributed by atoms with van der Waals surface area (Å²) in [5.41, 5.74) is 1.14. The van der Waals surface area contributed by atoms with Gasteiger partial charge in [0.15, 0.2) is 5.96 Å². The smallest absolute Gasteiger partial charge is 0.213 e. The van der Waals surface area contributed by atoms with Gasteiger partial charge in [-0.1, -0.05) is 20.8 Å². The number of anilines is 1. The predicted molar refractivity (Wildman–Crippen MR) is 123 cm³/mol. The van der Waals surface area contributed by atoms with Crippen LogP contribution in [0.1, 0.15) is 50.8 Å². The lowest BCUT2D eigenvalue weighted by atomic mass is 9.94. The monoisotopic (exact) mass is 498 g/mol. The van der Waals surface area contributed by atoms with Crippen LogP contribution in [0.15, 0.2) is 33.9 Å². The average molecular weight is 498 g/mol. The molecule has 0 spiro atoms. The van der Waals surface area contributed by atoms with E-state index in [1.54, 1.807) is 13.2 Å². The van der Waals surface area contributed by atoms with E-state index in [0.29, 0.717) is 24.9 Å². The normalized spacial score (nSPS) is 14.7. The second-order valence-corrected chi connectivity index (χ2v) is 7.86. The second-order valence-electron chi connectivity index (χ2n) is 7.86. The van der Waals surface area contributed by atoms with Crippen molar-refractivity contribution in [3.63, 3.8) is 0 Å². The first-order chi connectivity index (χ1) is 13.0. The fourth-order valence-corrected chi connectivity index (χ4v) is 2.99. The van der Waals surface area contributed by atoms with Crippen LogP contribution in [0, 0.1) is 0 Å². The van der Waals surface area contributed by atoms with Crippen LogP contribution in [-0.4, -0.2) is 36.1 Å². The minimum absolute atomic E-state index is 0. The molecule has 1 aliphatic rings. The van der Waals surface area contributed by atoms with E-state index in [0.717, 1.165) is 24.7 Å². The highest BCUT2D eigenvalue weighted by Crippen LogP contribution is 2.22. The lowest BCUT2D eigenvalue weighted by molar-refractivity contribution is 0.379. The van der Waals surface area contributed by atoms with Gasteiger partial charge in [-0.05, 0) is 30.5 Å². The predicted octanol–water partition coefficient (Wildman–Crippen LogP) is 3.45. The van der Waals surface area contributed by atoms with E-state index in [1.165, 1.54) is 18.4 Å². The van der Waals surface area contributed by atoms with Gasteiger partial charge in [0, 0.05) is 38.3 Å². The summed E-state index contributed by atoms with van der Waals surface area (Å²) >= 11 is 0. The van der Waals surface area contributed by atoms with E-state index in [2.05, 4.69) is 57.3 Å². The quantitative estimate of drug-likeness (QED) is 0.374. The molecule has 7 nitrogen and oxygen atoms in total. The number of aromatic nitrogens is 2. The van der Waals surface area contributed by atoms with Crippen LogP contribution >= 0.6 is 24.0 Å². The van der Waals surface area contributed by atoms with Gasteiger partial charge in [0.25, 0.3) is 0 Å². The summed E-state index contributed by atoms with van der Waals surface area (Å²) in [6.07, 6.45) is 6.17. The number of hydrogen-bond donors (Lipinski definition) is 2. The molecule has 3 heterocycles. The Bertz CT molecular complexity index is 777. The summed E-state index contributed by atoms with van der Waals surface area (Å²) in [5.74, 6) is 3.31. The van der Waals surface area contributed by atoms with Crippen LogP contribution in [0.2, 0.25) is 0 Å². The Morgan fingerprint density at radius 2 is 1.89 bits per heavy atom. The zero-order valence-electron chi connectivity index (χ0n) is 17.2. The molecule has 0 unspecified atom stereocenters. The zero-order chi connectivity index (χ0) is 19.3. The molecule has 0 aliphatic carbocycles. The van der Waals surface area contributed by atoms with Crippen molar-refractivity contribution in [3.8, 4) is 0 Å². The summed E-state index contributed by atoms with van der Waals surface area (Å²) in [7, 11) is 1.76. The molecule has 1 fully saturated rings. The van der Waals surface area contributed by atoms with Gasteiger partial charge in [-0.15, -0.1) is 24.0 Å². The van der Waals surface area contributed by atoms with Gasteiger partial charge in [-0.2, -0.15) is 0 Å². The van der Waals surface area contributed by atoms with E-state index >= 15 is 0 Å². The molecule has 1 aliphatic heterocycles. The SMILES string of the molecule is CN=C(NCc1ccnc(N2CCCC2)c1)NCc1ncc(C(C)(C)C)o1.I. The van der Waals surface area contributed by atoms with Gasteiger partial charge in [-0.25, -0.2) is 9.97 Å². The van der Waals surface area contributed by atoms with Crippen molar-refractivity contribution in [3.05, 3.63) is 41.7 Å². The first kappa shape index (κ1) is 22.4. The third-order valence-corrected chi connectivity index (χ3v) is 4.62. The molecule has 0 radical (unpaired) electrons. The minimum Gasteiger partial charge on any atom is -0.443 e. The Labute approximate surface area is 184 Å². The summed E-state index contributed by atoms with van der Waals surface area (Å²) in [4.78, 5) is 15.4. The third-order valence-electron chi connectivity index (χ3n) is 4.62. The molecule has 28 heavy (non-hydrogen) atoms. The fourth-order valence-electron chi connectivity index (χ4n) is 2.99. The number of halogens is 1. The molecule has 2 N–H and O–H groups in total. The number of hydrogen-bond acceptors (Lipinski definition) is 5. The molecule has 1 saturated heterocycles. The Hall–Kier alpha value is -1.84. The summed E-state index contributed by atoms with van der Waals surface area (Å²) in [6, 6.07) is 4.18. The van der Waals surface area contributed by atoms with Crippen LogP contribution in [0.25, 0.3) is 0 Å². The number of nitrogens with zero attached hydrogens (tertiary/aromatic N) is 4. The number of pyridine rings is 1. The Morgan fingerprint density at radius 1 is 1.18 bits per heavy atom. The van der Waals surface area contributed by atoms with Crippen molar-refractivity contribution < 1.29 is 4.42 Å². The maximum absolute atomic E-state index is 5.81. The molecule has 0 atom stereocenters. The van der Waals surface area contributed by atoms with Crippen molar-refractivity contribution in [1.82, 2.24) is 20.6 Å². The number of rotatable bonds is 5. The van der Waals surface area contributed by atoms with Crippen molar-refractivity contribution in [2.45, 2.75) is 52.1 Å². The van der Waals surface area contributed by atoms with Crippen LogP contribution in [0.5, 0.6) is 0 Å². The molecule has 8 heteroatoms. The standard InChI is InChI=1S/C20H30N6O.HI/c1-20(2,3)16-13-23-18(27-16)14-25-19(21-4)24-12-15-7-8-22-17(11-15)26-9-5-6-10-26;/h7-8,11,13H,5-6,9-10,12,14H2,1-4H3,(H2,21,24,25);1H. The Balaban J connectivity index is 0.00000280. The van der Waals surface area contributed by atoms with Crippen LogP contribution in [-0.2, 0) is 18.5 Å². The van der Waals surface area contributed by atoms with Crippen molar-refractivity contribution in [1.29, 1.82) is 0 Å². The zero-order valence-corrected chi connectivity index (χ0v) is 19.5. The summed E-state index contributed by atoms with van der Waals surface area (Å²) in [5, 5.41) is 6.58. The van der Waals surface area contributed by atoms with Gasteiger partial charge in [0.1, 0.15) is 11.6 Å². The first-order valence-corrected chi connectivity index (χ1v) is 9.55.